The second kappa shape index (κ2) is 2.31. The zero-order chi connectivity index (χ0) is 11.6. The lowest BCUT2D eigenvalue weighted by Crippen LogP contribution is -2.48. The van der Waals surface area contributed by atoms with Crippen LogP contribution in [0.2, 0.25) is 0 Å². The van der Waals surface area contributed by atoms with Gasteiger partial charge in [0.2, 0.25) is 17.5 Å². The summed E-state index contributed by atoms with van der Waals surface area (Å²) in [7, 11) is 0. The number of carbonyl (C=O) groups is 3. The molecule has 15 heavy (non-hydrogen) atoms. The molecule has 0 radical (unpaired) electrons. The highest BCUT2D eigenvalue weighted by Gasteiger charge is 2.77. The van der Waals surface area contributed by atoms with Crippen LogP contribution in [0.4, 0.5) is 0 Å². The van der Waals surface area contributed by atoms with Crippen molar-refractivity contribution in [2.45, 2.75) is 33.6 Å². The fourth-order valence-corrected chi connectivity index (χ4v) is 3.32. The van der Waals surface area contributed by atoms with Crippen LogP contribution < -0.4 is 5.73 Å². The Morgan fingerprint density at radius 1 is 1.13 bits per heavy atom. The monoisotopic (exact) mass is 209 g/mol. The van der Waals surface area contributed by atoms with Crippen LogP contribution in [0.1, 0.15) is 33.6 Å². The van der Waals surface area contributed by atoms with Crippen LogP contribution in [0, 0.1) is 16.2 Å². The average molecular weight is 209 g/mol. The molecule has 82 valence electrons. The molecule has 2 aliphatic rings. The number of ketones is 2. The van der Waals surface area contributed by atoms with Crippen molar-refractivity contribution >= 4 is 17.5 Å². The highest BCUT2D eigenvalue weighted by Crippen LogP contribution is 2.68. The molecule has 0 aromatic carbocycles. The second-order valence-corrected chi connectivity index (χ2v) is 5.38. The Bertz CT molecular complexity index is 399. The molecule has 2 bridgehead atoms. The molecule has 4 heteroatoms. The van der Waals surface area contributed by atoms with Crippen LogP contribution >= 0.6 is 0 Å². The highest BCUT2D eigenvalue weighted by atomic mass is 16.2. The first-order valence-electron chi connectivity index (χ1n) is 5.11. The van der Waals surface area contributed by atoms with Gasteiger partial charge in [-0.2, -0.15) is 0 Å². The lowest BCUT2D eigenvalue weighted by Gasteiger charge is -2.35. The summed E-state index contributed by atoms with van der Waals surface area (Å²) in [5.74, 6) is -1.64. The van der Waals surface area contributed by atoms with Gasteiger partial charge in [-0.05, 0) is 18.3 Å². The van der Waals surface area contributed by atoms with Gasteiger partial charge < -0.3 is 5.73 Å². The van der Waals surface area contributed by atoms with Crippen LogP contribution in [0.25, 0.3) is 0 Å². The predicted octanol–water partition coefficient (Wildman–Crippen LogP) is 0.436. The van der Waals surface area contributed by atoms with Gasteiger partial charge in [0.05, 0.1) is 0 Å². The van der Waals surface area contributed by atoms with E-state index in [-0.39, 0.29) is 0 Å². The highest BCUT2D eigenvalue weighted by molar-refractivity contribution is 6.48. The van der Waals surface area contributed by atoms with Gasteiger partial charge in [0.1, 0.15) is 5.41 Å². The average Bonchev–Trinajstić information content (AvgIpc) is 2.39. The predicted molar refractivity (Wildman–Crippen MR) is 52.8 cm³/mol. The van der Waals surface area contributed by atoms with E-state index in [0.717, 1.165) is 0 Å². The fourth-order valence-electron chi connectivity index (χ4n) is 3.32. The molecule has 2 aliphatic carbocycles. The van der Waals surface area contributed by atoms with Gasteiger partial charge in [-0.1, -0.05) is 20.8 Å². The van der Waals surface area contributed by atoms with E-state index in [1.165, 1.54) is 0 Å². The minimum absolute atomic E-state index is 0.413. The van der Waals surface area contributed by atoms with E-state index in [0.29, 0.717) is 12.8 Å². The van der Waals surface area contributed by atoms with E-state index in [1.54, 1.807) is 20.8 Å². The molecular weight excluding hydrogens is 194 g/mol. The van der Waals surface area contributed by atoms with Crippen molar-refractivity contribution in [2.24, 2.45) is 22.0 Å². The standard InChI is InChI=1S/C11H15NO3/c1-9(2)10(3)4-5-11(9,8(12)15)7(14)6(10)13/h4-5H2,1-3H3,(H2,12,15)/t10-,11+/m1/s1. The molecule has 0 saturated heterocycles. The topological polar surface area (TPSA) is 77.2 Å². The minimum Gasteiger partial charge on any atom is -0.369 e. The van der Waals surface area contributed by atoms with Gasteiger partial charge in [-0.15, -0.1) is 0 Å². The molecule has 2 rings (SSSR count). The van der Waals surface area contributed by atoms with Gasteiger partial charge in [-0.3, -0.25) is 14.4 Å². The molecule has 1 amide bonds. The summed E-state index contributed by atoms with van der Waals surface area (Å²) in [6.45, 7) is 5.37. The van der Waals surface area contributed by atoms with E-state index in [4.69, 9.17) is 5.73 Å². The van der Waals surface area contributed by atoms with Crippen LogP contribution in [0.3, 0.4) is 0 Å². The third kappa shape index (κ3) is 0.713. The van der Waals surface area contributed by atoms with Crippen molar-refractivity contribution < 1.29 is 14.4 Å². The van der Waals surface area contributed by atoms with Crippen molar-refractivity contribution in [2.75, 3.05) is 0 Å². The van der Waals surface area contributed by atoms with E-state index in [9.17, 15) is 14.4 Å². The molecule has 0 aromatic rings. The number of fused-ring (bicyclic) bond motifs is 2. The largest absolute Gasteiger partial charge is 0.369 e. The summed E-state index contributed by atoms with van der Waals surface area (Å²) >= 11 is 0. The number of nitrogens with two attached hydrogens (primary N) is 1. The third-order valence-electron chi connectivity index (χ3n) is 4.96. The molecule has 2 atom stereocenters. The van der Waals surface area contributed by atoms with Crippen LogP contribution in [-0.4, -0.2) is 17.5 Å². The molecule has 0 spiro atoms. The van der Waals surface area contributed by atoms with Crippen LogP contribution in [0.5, 0.6) is 0 Å². The zero-order valence-corrected chi connectivity index (χ0v) is 9.22. The Balaban J connectivity index is 2.73. The number of rotatable bonds is 1. The van der Waals surface area contributed by atoms with E-state index in [2.05, 4.69) is 0 Å². The smallest absolute Gasteiger partial charge is 0.232 e. The van der Waals surface area contributed by atoms with E-state index >= 15 is 0 Å². The Morgan fingerprint density at radius 2 is 1.67 bits per heavy atom. The van der Waals surface area contributed by atoms with Crippen molar-refractivity contribution in [1.82, 2.24) is 0 Å². The number of Topliss-reactive ketones (excluding diaryl/α,β-unsaturated/α-hetero) is 2. The summed E-state index contributed by atoms with van der Waals surface area (Å²) in [5.41, 5.74) is 2.73. The first-order chi connectivity index (χ1) is 6.72. The Morgan fingerprint density at radius 3 is 1.93 bits per heavy atom. The summed E-state index contributed by atoms with van der Waals surface area (Å²) in [5, 5.41) is 0. The second-order valence-electron chi connectivity index (χ2n) is 5.38. The van der Waals surface area contributed by atoms with Crippen LogP contribution in [-0.2, 0) is 14.4 Å². The molecule has 0 unspecified atom stereocenters. The molecule has 4 nitrogen and oxygen atoms in total. The molecule has 0 aromatic heterocycles. The van der Waals surface area contributed by atoms with Gasteiger partial charge in [-0.25, -0.2) is 0 Å². The SMILES string of the molecule is CC1(C)[C@@]2(C(N)=O)CC[C@]1(C)C(=O)C2=O. The first-order valence-corrected chi connectivity index (χ1v) is 5.11. The summed E-state index contributed by atoms with van der Waals surface area (Å²) in [4.78, 5) is 35.3. The number of carbonyl (C=O) groups excluding carboxylic acids is 3. The van der Waals surface area contributed by atoms with Crippen molar-refractivity contribution in [3.63, 3.8) is 0 Å². The Kier molecular flexibility index (Phi) is 1.59. The van der Waals surface area contributed by atoms with Gasteiger partial charge in [0, 0.05) is 5.41 Å². The van der Waals surface area contributed by atoms with Gasteiger partial charge in [0.25, 0.3) is 0 Å². The lowest BCUT2D eigenvalue weighted by atomic mass is 9.64. The van der Waals surface area contributed by atoms with Crippen molar-refractivity contribution in [3.05, 3.63) is 0 Å². The number of hydrogen-bond donors (Lipinski definition) is 1. The first kappa shape index (κ1) is 10.3. The summed E-state index contributed by atoms with van der Waals surface area (Å²) in [6, 6.07) is 0. The minimum atomic E-state index is -1.25. The van der Waals surface area contributed by atoms with Gasteiger partial charge >= 0.3 is 0 Å². The maximum atomic E-state index is 11.9. The maximum absolute atomic E-state index is 11.9. The molecule has 2 saturated carbocycles. The molecule has 0 aliphatic heterocycles. The van der Waals surface area contributed by atoms with Crippen LogP contribution in [0.15, 0.2) is 0 Å². The van der Waals surface area contributed by atoms with Crippen molar-refractivity contribution in [3.8, 4) is 0 Å². The quantitative estimate of drug-likeness (QED) is 0.502. The number of amides is 1. The molecule has 2 N–H and O–H groups in total. The van der Waals surface area contributed by atoms with Crippen molar-refractivity contribution in [1.29, 1.82) is 0 Å². The normalized spacial score (nSPS) is 42.3. The Hall–Kier alpha value is -1.19. The summed E-state index contributed by atoms with van der Waals surface area (Å²) < 4.78 is 0. The lowest BCUT2D eigenvalue weighted by molar-refractivity contribution is -0.148. The van der Waals surface area contributed by atoms with Gasteiger partial charge in [0.15, 0.2) is 0 Å². The zero-order valence-electron chi connectivity index (χ0n) is 9.22. The van der Waals surface area contributed by atoms with E-state index in [1.807, 2.05) is 0 Å². The molecular formula is C11H15NO3. The third-order valence-corrected chi connectivity index (χ3v) is 4.96. The maximum Gasteiger partial charge on any atom is 0.232 e. The number of hydrogen-bond acceptors (Lipinski definition) is 3. The molecule has 0 heterocycles. The molecule has 2 fully saturated rings. The summed E-state index contributed by atoms with van der Waals surface area (Å²) in [6.07, 6.45) is 0.990. The number of primary amides is 1. The Labute approximate surface area is 88.2 Å². The van der Waals surface area contributed by atoms with E-state index < -0.39 is 33.7 Å². The fraction of sp³-hybridized carbons (Fsp3) is 0.727.